The van der Waals surface area contributed by atoms with Crippen molar-refractivity contribution in [1.82, 2.24) is 15.2 Å². The summed E-state index contributed by atoms with van der Waals surface area (Å²) in [7, 11) is 0. The maximum Gasteiger partial charge on any atom is 0.341 e. The highest BCUT2D eigenvalue weighted by Gasteiger charge is 2.28. The Bertz CT molecular complexity index is 1080. The fourth-order valence-corrected chi connectivity index (χ4v) is 3.52. The number of rotatable bonds is 5. The largest absolute Gasteiger partial charge is 0.481 e. The number of hydrogen-bond donors (Lipinski definition) is 2. The highest BCUT2D eigenvalue weighted by atomic mass is 79.9. The molecule has 1 atom stereocenters. The summed E-state index contributed by atoms with van der Waals surface area (Å²) in [6.45, 7) is -0.454. The van der Waals surface area contributed by atoms with Crippen molar-refractivity contribution in [2.75, 3.05) is 18.2 Å². The van der Waals surface area contributed by atoms with Crippen molar-refractivity contribution in [3.8, 4) is 22.9 Å². The Morgan fingerprint density at radius 3 is 2.93 bits per heavy atom. The van der Waals surface area contributed by atoms with Crippen molar-refractivity contribution in [2.24, 2.45) is 0 Å². The number of aliphatic carboxylic acids is 1. The fraction of sp³-hybridized carbons (Fsp3) is 0.158. The number of halogens is 1. The maximum atomic E-state index is 10.9. The molecule has 0 bridgehead atoms. The van der Waals surface area contributed by atoms with E-state index in [2.05, 4.69) is 36.4 Å². The molecule has 0 spiro atoms. The van der Waals surface area contributed by atoms with Crippen molar-refractivity contribution in [3.05, 3.63) is 52.5 Å². The molecule has 0 radical (unpaired) electrons. The van der Waals surface area contributed by atoms with Gasteiger partial charge in [0.05, 0.1) is 5.56 Å². The van der Waals surface area contributed by atoms with E-state index in [1.807, 2.05) is 36.6 Å². The lowest BCUT2D eigenvalue weighted by Crippen LogP contribution is -2.19. The summed E-state index contributed by atoms with van der Waals surface area (Å²) in [6, 6.07) is 12.8. The van der Waals surface area contributed by atoms with Crippen LogP contribution in [0.15, 0.2) is 52.1 Å². The average Bonchev–Trinajstić information content (AvgIpc) is 2.88. The number of carboxylic acid groups (broad SMARTS) is 1. The minimum absolute atomic E-state index is 0.326. The van der Waals surface area contributed by atoms with Gasteiger partial charge in [0.25, 0.3) is 0 Å². The summed E-state index contributed by atoms with van der Waals surface area (Å²) in [5.74, 6) is -0.329. The van der Waals surface area contributed by atoms with Crippen molar-refractivity contribution in [3.63, 3.8) is 0 Å². The predicted molar refractivity (Wildman–Crippen MR) is 111 cm³/mol. The van der Waals surface area contributed by atoms with Gasteiger partial charge >= 0.3 is 5.97 Å². The summed E-state index contributed by atoms with van der Waals surface area (Å²) in [4.78, 5) is 15.4. The number of hydrogen-bond acceptors (Lipinski definition) is 8. The van der Waals surface area contributed by atoms with E-state index in [-0.39, 0.29) is 0 Å². The molecule has 8 nitrogen and oxygen atoms in total. The Balaban J connectivity index is 1.81. The standard InChI is InChI=1S/C19H15BrN4O4S/c1-29-19-22-18-16(23-24-19)12-8-10(20)6-7-13(12)21-17(28-18)11-4-2-3-5-14(11)27-9-15(25)26/h2-8,17,21H,9H2,1H3,(H,25,26)/t17-/m0/s1. The van der Waals surface area contributed by atoms with Crippen LogP contribution in [0, 0.1) is 0 Å². The lowest BCUT2D eigenvalue weighted by atomic mass is 10.1. The maximum absolute atomic E-state index is 10.9. The van der Waals surface area contributed by atoms with Gasteiger partial charge < -0.3 is 19.9 Å². The first-order chi connectivity index (χ1) is 14.0. The van der Waals surface area contributed by atoms with Gasteiger partial charge in [0.1, 0.15) is 5.75 Å². The highest BCUT2D eigenvalue weighted by Crippen LogP contribution is 2.42. The number of nitrogens with one attached hydrogen (secondary N) is 1. The van der Waals surface area contributed by atoms with Crippen LogP contribution in [0.3, 0.4) is 0 Å². The molecule has 29 heavy (non-hydrogen) atoms. The van der Waals surface area contributed by atoms with Crippen molar-refractivity contribution >= 4 is 39.3 Å². The topological polar surface area (TPSA) is 106 Å². The minimum atomic E-state index is -1.06. The SMILES string of the molecule is CSc1nnc2c(n1)O[C@@H](c1ccccc1OCC(=O)O)Nc1ccc(Br)cc1-2. The number of benzene rings is 2. The normalized spacial score (nSPS) is 14.6. The summed E-state index contributed by atoms with van der Waals surface area (Å²) in [5, 5.41) is 21.2. The molecule has 0 amide bonds. The fourth-order valence-electron chi connectivity index (χ4n) is 2.87. The lowest BCUT2D eigenvalue weighted by Gasteiger charge is -2.21. The molecular formula is C19H15BrN4O4S. The van der Waals surface area contributed by atoms with Crippen molar-refractivity contribution in [2.45, 2.75) is 11.4 Å². The van der Waals surface area contributed by atoms with Crippen LogP contribution in [0.1, 0.15) is 11.8 Å². The van der Waals surface area contributed by atoms with Gasteiger partial charge in [-0.05, 0) is 36.6 Å². The molecule has 0 aliphatic carbocycles. The number of ether oxygens (including phenoxy) is 2. The van der Waals surface area contributed by atoms with Crippen LogP contribution in [0.4, 0.5) is 5.69 Å². The summed E-state index contributed by atoms with van der Waals surface area (Å²) < 4.78 is 12.5. The smallest absolute Gasteiger partial charge is 0.341 e. The molecule has 3 aromatic rings. The predicted octanol–water partition coefficient (Wildman–Crippen LogP) is 3.99. The average molecular weight is 475 g/mol. The van der Waals surface area contributed by atoms with Gasteiger partial charge in [0, 0.05) is 15.7 Å². The number of aromatic nitrogens is 3. The van der Waals surface area contributed by atoms with Crippen LogP contribution < -0.4 is 14.8 Å². The molecule has 148 valence electrons. The first-order valence-corrected chi connectivity index (χ1v) is 10.5. The zero-order valence-electron chi connectivity index (χ0n) is 15.1. The molecule has 1 aromatic heterocycles. The van der Waals surface area contributed by atoms with Crippen molar-refractivity contribution < 1.29 is 19.4 Å². The van der Waals surface area contributed by atoms with Crippen LogP contribution in [0.5, 0.6) is 11.6 Å². The van der Waals surface area contributed by atoms with Crippen LogP contribution in [-0.4, -0.2) is 39.1 Å². The zero-order chi connectivity index (χ0) is 20.4. The van der Waals surface area contributed by atoms with E-state index in [1.165, 1.54) is 11.8 Å². The second-order valence-electron chi connectivity index (χ2n) is 6.00. The van der Waals surface area contributed by atoms with Crippen LogP contribution >= 0.6 is 27.7 Å². The minimum Gasteiger partial charge on any atom is -0.481 e. The number of carbonyl (C=O) groups is 1. The molecule has 0 fully saturated rings. The van der Waals surface area contributed by atoms with E-state index in [4.69, 9.17) is 14.6 Å². The molecule has 2 aromatic carbocycles. The first kappa shape index (κ1) is 19.5. The van der Waals surface area contributed by atoms with E-state index < -0.39 is 18.8 Å². The van der Waals surface area contributed by atoms with E-state index >= 15 is 0 Å². The Labute approximate surface area is 178 Å². The molecule has 1 aliphatic heterocycles. The molecule has 1 aliphatic rings. The Morgan fingerprint density at radius 2 is 2.14 bits per heavy atom. The molecule has 2 heterocycles. The van der Waals surface area contributed by atoms with Gasteiger partial charge in [-0.15, -0.1) is 10.2 Å². The lowest BCUT2D eigenvalue weighted by molar-refractivity contribution is -0.139. The molecule has 10 heteroatoms. The Hall–Kier alpha value is -2.85. The van der Waals surface area contributed by atoms with Gasteiger partial charge in [0.2, 0.25) is 17.3 Å². The van der Waals surface area contributed by atoms with Crippen molar-refractivity contribution in [1.29, 1.82) is 0 Å². The third-order valence-corrected chi connectivity index (χ3v) is 5.15. The van der Waals surface area contributed by atoms with Gasteiger partial charge in [-0.1, -0.05) is 39.8 Å². The van der Waals surface area contributed by atoms with E-state index in [0.29, 0.717) is 28.0 Å². The third-order valence-electron chi connectivity index (χ3n) is 4.12. The monoisotopic (exact) mass is 474 g/mol. The van der Waals surface area contributed by atoms with E-state index in [9.17, 15) is 4.79 Å². The molecule has 4 rings (SSSR count). The summed E-state index contributed by atoms with van der Waals surface area (Å²) >= 11 is 4.84. The van der Waals surface area contributed by atoms with Crippen LogP contribution in [0.2, 0.25) is 0 Å². The quantitative estimate of drug-likeness (QED) is 0.530. The summed E-state index contributed by atoms with van der Waals surface area (Å²) in [5.41, 5.74) is 2.71. The van der Waals surface area contributed by atoms with E-state index in [1.54, 1.807) is 12.1 Å². The Morgan fingerprint density at radius 1 is 1.31 bits per heavy atom. The van der Waals surface area contributed by atoms with Gasteiger partial charge in [-0.3, -0.25) is 0 Å². The number of carboxylic acids is 1. The van der Waals surface area contributed by atoms with E-state index in [0.717, 1.165) is 15.7 Å². The highest BCUT2D eigenvalue weighted by molar-refractivity contribution is 9.10. The van der Waals surface area contributed by atoms with Gasteiger partial charge in [-0.2, -0.15) is 4.98 Å². The molecule has 0 unspecified atom stereocenters. The second kappa shape index (κ2) is 8.26. The molecule has 2 N–H and O–H groups in total. The molecular weight excluding hydrogens is 460 g/mol. The molecule has 0 saturated carbocycles. The summed E-state index contributed by atoms with van der Waals surface area (Å²) in [6.07, 6.45) is 1.18. The number of nitrogens with zero attached hydrogens (tertiary/aromatic N) is 3. The van der Waals surface area contributed by atoms with Gasteiger partial charge in [-0.25, -0.2) is 4.79 Å². The number of thioether (sulfide) groups is 1. The third kappa shape index (κ3) is 4.13. The Kier molecular flexibility index (Phi) is 5.54. The number of anilines is 1. The van der Waals surface area contributed by atoms with Gasteiger partial charge in [0.15, 0.2) is 12.3 Å². The van der Waals surface area contributed by atoms with Crippen LogP contribution in [-0.2, 0) is 4.79 Å². The van der Waals surface area contributed by atoms with Crippen LogP contribution in [0.25, 0.3) is 11.3 Å². The number of fused-ring (bicyclic) bond motifs is 3. The molecule has 0 saturated heterocycles. The zero-order valence-corrected chi connectivity index (χ0v) is 17.5. The first-order valence-electron chi connectivity index (χ1n) is 8.50. The number of para-hydroxylation sites is 1. The second-order valence-corrected chi connectivity index (χ2v) is 7.69.